The van der Waals surface area contributed by atoms with Crippen molar-refractivity contribution in [3.05, 3.63) is 70.4 Å². The third-order valence-electron chi connectivity index (χ3n) is 3.39. The number of aromatic nitrogens is 3. The summed E-state index contributed by atoms with van der Waals surface area (Å²) in [5, 5.41) is 7.31. The van der Waals surface area contributed by atoms with Gasteiger partial charge in [-0.15, -0.1) is 0 Å². The first kappa shape index (κ1) is 13.9. The van der Waals surface area contributed by atoms with E-state index in [9.17, 15) is 9.59 Å². The second-order valence-electron chi connectivity index (χ2n) is 4.97. The van der Waals surface area contributed by atoms with Crippen LogP contribution in [0.2, 0.25) is 0 Å². The van der Waals surface area contributed by atoms with E-state index in [0.29, 0.717) is 17.3 Å². The summed E-state index contributed by atoms with van der Waals surface area (Å²) in [5.74, 6) is -0.253. The average molecular weight is 294 g/mol. The lowest BCUT2D eigenvalue weighted by Gasteiger charge is -2.17. The van der Waals surface area contributed by atoms with Crippen molar-refractivity contribution in [2.24, 2.45) is 0 Å². The quantitative estimate of drug-likeness (QED) is 0.795. The molecular weight excluding hydrogens is 280 g/mol. The molecule has 0 aliphatic carbocycles. The van der Waals surface area contributed by atoms with Crippen LogP contribution in [0, 0.1) is 0 Å². The van der Waals surface area contributed by atoms with Gasteiger partial charge < -0.3 is 4.90 Å². The van der Waals surface area contributed by atoms with Gasteiger partial charge in [-0.2, -0.15) is 5.10 Å². The van der Waals surface area contributed by atoms with Crippen molar-refractivity contribution in [2.45, 2.75) is 6.54 Å². The monoisotopic (exact) mass is 294 g/mol. The maximum atomic E-state index is 12.6. The Morgan fingerprint density at radius 1 is 1.18 bits per heavy atom. The molecule has 0 fully saturated rings. The zero-order valence-electron chi connectivity index (χ0n) is 12.0. The van der Waals surface area contributed by atoms with Crippen LogP contribution in [0.3, 0.4) is 0 Å². The van der Waals surface area contributed by atoms with E-state index >= 15 is 0 Å². The summed E-state index contributed by atoms with van der Waals surface area (Å²) < 4.78 is 0. The number of hydrogen-bond donors (Lipinski definition) is 1. The van der Waals surface area contributed by atoms with Crippen molar-refractivity contribution in [3.63, 3.8) is 0 Å². The zero-order valence-corrected chi connectivity index (χ0v) is 12.0. The molecule has 1 N–H and O–H groups in total. The fourth-order valence-electron chi connectivity index (χ4n) is 2.30. The van der Waals surface area contributed by atoms with Gasteiger partial charge in [0.05, 0.1) is 5.39 Å². The van der Waals surface area contributed by atoms with Crippen LogP contribution in [-0.4, -0.2) is 33.0 Å². The molecule has 0 saturated heterocycles. The van der Waals surface area contributed by atoms with Crippen LogP contribution in [0.1, 0.15) is 16.1 Å². The predicted octanol–water partition coefficient (Wildman–Crippen LogP) is 1.59. The maximum Gasteiger partial charge on any atom is 0.274 e. The molecule has 0 spiro atoms. The van der Waals surface area contributed by atoms with Crippen LogP contribution < -0.4 is 5.56 Å². The van der Waals surface area contributed by atoms with Crippen molar-refractivity contribution in [2.75, 3.05) is 7.05 Å². The molecule has 3 rings (SSSR count). The summed E-state index contributed by atoms with van der Waals surface area (Å²) in [6.07, 6.45) is 3.39. The Bertz CT molecular complexity index is 874. The minimum Gasteiger partial charge on any atom is -0.336 e. The van der Waals surface area contributed by atoms with Crippen LogP contribution >= 0.6 is 0 Å². The highest BCUT2D eigenvalue weighted by Gasteiger charge is 2.18. The number of fused-ring (bicyclic) bond motifs is 1. The van der Waals surface area contributed by atoms with Gasteiger partial charge in [0.1, 0.15) is 0 Å². The van der Waals surface area contributed by atoms with Crippen molar-refractivity contribution in [1.29, 1.82) is 0 Å². The zero-order chi connectivity index (χ0) is 15.5. The Morgan fingerprint density at radius 2 is 1.95 bits per heavy atom. The Balaban J connectivity index is 1.95. The van der Waals surface area contributed by atoms with Gasteiger partial charge in [-0.05, 0) is 17.7 Å². The third kappa shape index (κ3) is 2.58. The molecule has 0 radical (unpaired) electrons. The molecule has 22 heavy (non-hydrogen) atoms. The Hall–Kier alpha value is -3.02. The van der Waals surface area contributed by atoms with Crippen molar-refractivity contribution >= 4 is 16.7 Å². The van der Waals surface area contributed by atoms with Gasteiger partial charge in [0.15, 0.2) is 5.69 Å². The molecule has 3 aromatic rings. The maximum absolute atomic E-state index is 12.6. The van der Waals surface area contributed by atoms with Gasteiger partial charge in [-0.1, -0.05) is 24.3 Å². The molecule has 6 nitrogen and oxygen atoms in total. The van der Waals surface area contributed by atoms with Crippen LogP contribution in [0.25, 0.3) is 10.8 Å². The topological polar surface area (TPSA) is 79.0 Å². The molecule has 1 amide bonds. The van der Waals surface area contributed by atoms with Gasteiger partial charge in [-0.25, -0.2) is 5.10 Å². The second-order valence-corrected chi connectivity index (χ2v) is 4.97. The van der Waals surface area contributed by atoms with E-state index in [1.807, 2.05) is 12.1 Å². The third-order valence-corrected chi connectivity index (χ3v) is 3.39. The van der Waals surface area contributed by atoms with Gasteiger partial charge in [0.2, 0.25) is 0 Å². The highest BCUT2D eigenvalue weighted by atomic mass is 16.2. The molecule has 2 aromatic heterocycles. The molecule has 0 bridgehead atoms. The molecule has 0 aliphatic heterocycles. The van der Waals surface area contributed by atoms with Crippen molar-refractivity contribution in [3.8, 4) is 0 Å². The second kappa shape index (κ2) is 5.77. The number of rotatable bonds is 3. The Labute approximate surface area is 126 Å². The summed E-state index contributed by atoms with van der Waals surface area (Å²) in [6.45, 7) is 0.418. The molecule has 110 valence electrons. The van der Waals surface area contributed by atoms with E-state index in [1.165, 1.54) is 0 Å². The van der Waals surface area contributed by atoms with Crippen molar-refractivity contribution in [1.82, 2.24) is 20.1 Å². The van der Waals surface area contributed by atoms with E-state index in [2.05, 4.69) is 15.2 Å². The molecule has 1 aromatic carbocycles. The van der Waals surface area contributed by atoms with E-state index in [0.717, 1.165) is 5.56 Å². The molecule has 0 saturated carbocycles. The highest BCUT2D eigenvalue weighted by molar-refractivity contribution is 6.04. The molecule has 6 heteroatoms. The Kier molecular flexibility index (Phi) is 3.65. The van der Waals surface area contributed by atoms with Crippen LogP contribution in [0.5, 0.6) is 0 Å². The number of pyridine rings is 1. The number of amides is 1. The average Bonchev–Trinajstić information content (AvgIpc) is 2.56. The summed E-state index contributed by atoms with van der Waals surface area (Å²) in [5.41, 5.74) is 0.857. The van der Waals surface area contributed by atoms with Gasteiger partial charge in [-0.3, -0.25) is 14.6 Å². The number of nitrogens with zero attached hydrogens (tertiary/aromatic N) is 3. The first-order chi connectivity index (χ1) is 10.7. The van der Waals surface area contributed by atoms with Gasteiger partial charge >= 0.3 is 0 Å². The molecule has 0 aliphatic rings. The smallest absolute Gasteiger partial charge is 0.274 e. The number of carbonyl (C=O) groups is 1. The summed E-state index contributed by atoms with van der Waals surface area (Å²) in [6, 6.07) is 10.7. The van der Waals surface area contributed by atoms with Gasteiger partial charge in [0.25, 0.3) is 11.5 Å². The summed E-state index contributed by atoms with van der Waals surface area (Å²) >= 11 is 0. The summed E-state index contributed by atoms with van der Waals surface area (Å²) in [4.78, 5) is 29.9. The number of aromatic amines is 1. The predicted molar refractivity (Wildman–Crippen MR) is 82.4 cm³/mol. The Morgan fingerprint density at radius 3 is 2.68 bits per heavy atom. The lowest BCUT2D eigenvalue weighted by Crippen LogP contribution is -2.28. The van der Waals surface area contributed by atoms with Crippen LogP contribution in [-0.2, 0) is 6.54 Å². The number of nitrogens with one attached hydrogen (secondary N) is 1. The standard InChI is InChI=1S/C16H14N4O2/c1-20(10-11-5-4-8-17-9-11)16(22)14-12-6-2-3-7-13(12)15(21)19-18-14/h2-9H,10H2,1H3,(H,19,21). The SMILES string of the molecule is CN(Cc1cccnc1)C(=O)c1n[nH]c(=O)c2ccccc12. The fraction of sp³-hybridized carbons (Fsp3) is 0.125. The van der Waals surface area contributed by atoms with Crippen LogP contribution in [0.4, 0.5) is 0 Å². The molecule has 0 unspecified atom stereocenters. The molecular formula is C16H14N4O2. The lowest BCUT2D eigenvalue weighted by molar-refractivity contribution is 0.0780. The fourth-order valence-corrected chi connectivity index (χ4v) is 2.30. The van der Waals surface area contributed by atoms with Gasteiger partial charge in [0, 0.05) is 31.4 Å². The number of hydrogen-bond acceptors (Lipinski definition) is 4. The normalized spacial score (nSPS) is 10.6. The summed E-state index contributed by atoms with van der Waals surface area (Å²) in [7, 11) is 1.69. The molecule has 0 atom stereocenters. The first-order valence-corrected chi connectivity index (χ1v) is 6.78. The number of H-pyrrole nitrogens is 1. The van der Waals surface area contributed by atoms with E-state index in [-0.39, 0.29) is 17.2 Å². The largest absolute Gasteiger partial charge is 0.336 e. The number of benzene rings is 1. The highest BCUT2D eigenvalue weighted by Crippen LogP contribution is 2.14. The minimum absolute atomic E-state index is 0.238. The molecule has 2 heterocycles. The van der Waals surface area contributed by atoms with Crippen LogP contribution in [0.15, 0.2) is 53.6 Å². The minimum atomic E-state index is -0.304. The lowest BCUT2D eigenvalue weighted by atomic mass is 10.1. The van der Waals surface area contributed by atoms with E-state index in [4.69, 9.17) is 0 Å². The van der Waals surface area contributed by atoms with E-state index in [1.54, 1.807) is 48.6 Å². The van der Waals surface area contributed by atoms with E-state index < -0.39 is 0 Å². The first-order valence-electron chi connectivity index (χ1n) is 6.78. The number of carbonyl (C=O) groups excluding carboxylic acids is 1. The van der Waals surface area contributed by atoms with Crippen molar-refractivity contribution < 1.29 is 4.79 Å².